The Bertz CT molecular complexity index is 461. The van der Waals surface area contributed by atoms with Crippen molar-refractivity contribution in [1.29, 1.82) is 0 Å². The molecule has 0 saturated heterocycles. The molecule has 3 aliphatic carbocycles. The van der Waals surface area contributed by atoms with E-state index in [1.54, 1.807) is 0 Å². The Labute approximate surface area is 189 Å². The highest BCUT2D eigenvalue weighted by atomic mass is 28.4. The molecule has 5 heteroatoms. The molecule has 1 atom stereocenters. The van der Waals surface area contributed by atoms with Crippen molar-refractivity contribution in [2.45, 2.75) is 146 Å². The smallest absolute Gasteiger partial charge is 0.295 e. The molecule has 0 aromatic rings. The van der Waals surface area contributed by atoms with Gasteiger partial charge in [0.25, 0.3) is 14.3 Å². The minimum Gasteiger partial charge on any atom is -0.518 e. The third-order valence-electron chi connectivity index (χ3n) is 8.12. The molecule has 172 valence electrons. The zero-order valence-electron chi connectivity index (χ0n) is 19.9. The van der Waals surface area contributed by atoms with Gasteiger partial charge in [-0.25, -0.2) is 0 Å². The SMILES string of the molecule is CC(C)O[Si]CC(C)C(=O)O[Si](C1CCCCC1)(C1CCCCC1)C1CCCCC1. The normalized spacial score (nSPS) is 24.1. The molecule has 3 aliphatic rings. The average Bonchev–Trinajstić information content (AvgIpc) is 2.78. The van der Waals surface area contributed by atoms with Gasteiger partial charge in [-0.3, -0.25) is 4.79 Å². The van der Waals surface area contributed by atoms with Gasteiger partial charge in [0.1, 0.15) is 0 Å². The fourth-order valence-electron chi connectivity index (χ4n) is 6.61. The summed E-state index contributed by atoms with van der Waals surface area (Å²) in [6, 6.07) is 0.821. The summed E-state index contributed by atoms with van der Waals surface area (Å²) in [5.74, 6) is 0.105. The predicted molar refractivity (Wildman–Crippen MR) is 128 cm³/mol. The Morgan fingerprint density at radius 3 is 1.53 bits per heavy atom. The zero-order valence-corrected chi connectivity index (χ0v) is 21.9. The van der Waals surface area contributed by atoms with Gasteiger partial charge in [0.05, 0.1) is 5.92 Å². The Morgan fingerprint density at radius 1 is 0.767 bits per heavy atom. The van der Waals surface area contributed by atoms with Crippen molar-refractivity contribution in [3.63, 3.8) is 0 Å². The summed E-state index contributed by atoms with van der Waals surface area (Å²) >= 11 is 0. The predicted octanol–water partition coefficient (Wildman–Crippen LogP) is 7.58. The molecule has 3 saturated carbocycles. The molecule has 0 bridgehead atoms. The van der Waals surface area contributed by atoms with Crippen molar-refractivity contribution in [1.82, 2.24) is 0 Å². The van der Waals surface area contributed by atoms with E-state index in [9.17, 15) is 4.79 Å². The molecule has 0 N–H and O–H groups in total. The summed E-state index contributed by atoms with van der Waals surface area (Å²) in [5.41, 5.74) is 2.17. The Hall–Kier alpha value is -0.136. The van der Waals surface area contributed by atoms with Crippen LogP contribution >= 0.6 is 0 Å². The molecule has 0 aliphatic heterocycles. The molecular formula is C25H46O3Si2. The highest BCUT2D eigenvalue weighted by Gasteiger charge is 2.57. The third kappa shape index (κ3) is 6.22. The van der Waals surface area contributed by atoms with Crippen molar-refractivity contribution in [3.8, 4) is 0 Å². The number of hydrogen-bond donors (Lipinski definition) is 0. The lowest BCUT2D eigenvalue weighted by Gasteiger charge is -2.51. The largest absolute Gasteiger partial charge is 0.518 e. The van der Waals surface area contributed by atoms with Crippen LogP contribution in [-0.2, 0) is 13.6 Å². The fourth-order valence-corrected chi connectivity index (χ4v) is 14.4. The van der Waals surface area contributed by atoms with E-state index in [0.29, 0.717) is 9.76 Å². The third-order valence-corrected chi connectivity index (χ3v) is 15.7. The summed E-state index contributed by atoms with van der Waals surface area (Å²) < 4.78 is 12.8. The first kappa shape index (κ1) is 24.5. The van der Waals surface area contributed by atoms with Crippen LogP contribution in [0.3, 0.4) is 0 Å². The standard InChI is InChI=1S/C25H46O3Si2/c1-20(2)27-29-19-21(3)25(26)28-30(22-13-7-4-8-14-22,23-15-9-5-10-16-23)24-17-11-6-12-18-24/h20-24H,4-19H2,1-3H3. The van der Waals surface area contributed by atoms with Gasteiger partial charge >= 0.3 is 0 Å². The first-order valence-corrected chi connectivity index (χ1v) is 16.4. The molecule has 3 nitrogen and oxygen atoms in total. The highest BCUT2D eigenvalue weighted by molar-refractivity contribution is 6.79. The summed E-state index contributed by atoms with van der Waals surface area (Å²) in [6.45, 7) is 6.23. The van der Waals surface area contributed by atoms with Gasteiger partial charge < -0.3 is 8.85 Å². The van der Waals surface area contributed by atoms with E-state index in [0.717, 1.165) is 22.7 Å². The maximum atomic E-state index is 13.5. The van der Waals surface area contributed by atoms with E-state index >= 15 is 0 Å². The molecule has 1 unspecified atom stereocenters. The van der Waals surface area contributed by atoms with Gasteiger partial charge in [-0.05, 0) is 75.0 Å². The van der Waals surface area contributed by atoms with Crippen LogP contribution in [-0.4, -0.2) is 30.2 Å². The van der Waals surface area contributed by atoms with E-state index < -0.39 is 8.32 Å². The van der Waals surface area contributed by atoms with Crippen LogP contribution in [0.2, 0.25) is 22.7 Å². The summed E-state index contributed by atoms with van der Waals surface area (Å²) in [4.78, 5) is 13.5. The second-order valence-corrected chi connectivity index (χ2v) is 16.0. The quantitative estimate of drug-likeness (QED) is 0.340. The lowest BCUT2D eigenvalue weighted by molar-refractivity contribution is -0.139. The average molecular weight is 451 g/mol. The molecule has 30 heavy (non-hydrogen) atoms. The monoisotopic (exact) mass is 450 g/mol. The number of carbonyl (C=O) groups excluding carboxylic acids is 1. The second kappa shape index (κ2) is 12.2. The summed E-state index contributed by atoms with van der Waals surface area (Å²) in [6.07, 6.45) is 20.5. The summed E-state index contributed by atoms with van der Waals surface area (Å²) in [5, 5.41) is 0. The number of rotatable bonds is 9. The van der Waals surface area contributed by atoms with Crippen molar-refractivity contribution in [3.05, 3.63) is 0 Å². The lowest BCUT2D eigenvalue weighted by Crippen LogP contribution is -2.55. The van der Waals surface area contributed by atoms with Crippen LogP contribution in [0.4, 0.5) is 0 Å². The van der Waals surface area contributed by atoms with E-state index in [1.807, 2.05) is 0 Å². The van der Waals surface area contributed by atoms with Crippen molar-refractivity contribution < 1.29 is 13.6 Å². The fraction of sp³-hybridized carbons (Fsp3) is 0.960. The molecule has 0 aromatic carbocycles. The van der Waals surface area contributed by atoms with Gasteiger partial charge in [0.15, 0.2) is 0 Å². The van der Waals surface area contributed by atoms with E-state index in [1.165, 1.54) is 96.3 Å². The van der Waals surface area contributed by atoms with Crippen molar-refractivity contribution in [2.24, 2.45) is 5.92 Å². The Balaban J connectivity index is 1.83. The van der Waals surface area contributed by atoms with E-state index in [2.05, 4.69) is 20.8 Å². The molecule has 3 fully saturated rings. The molecule has 2 radical (unpaired) electrons. The van der Waals surface area contributed by atoms with Gasteiger partial charge in [-0.1, -0.05) is 64.7 Å². The van der Waals surface area contributed by atoms with Crippen LogP contribution in [0.15, 0.2) is 0 Å². The first-order chi connectivity index (χ1) is 14.5. The Kier molecular flexibility index (Phi) is 9.96. The van der Waals surface area contributed by atoms with E-state index in [-0.39, 0.29) is 18.0 Å². The molecule has 0 spiro atoms. The highest BCUT2D eigenvalue weighted by Crippen LogP contribution is 2.57. The van der Waals surface area contributed by atoms with Gasteiger partial charge in [-0.15, -0.1) is 0 Å². The minimum atomic E-state index is -2.17. The maximum absolute atomic E-state index is 13.5. The molecule has 3 rings (SSSR count). The van der Waals surface area contributed by atoms with Crippen LogP contribution in [0.25, 0.3) is 0 Å². The van der Waals surface area contributed by atoms with Crippen LogP contribution in [0.5, 0.6) is 0 Å². The van der Waals surface area contributed by atoms with Crippen LogP contribution in [0, 0.1) is 5.92 Å². The number of hydrogen-bond acceptors (Lipinski definition) is 3. The lowest BCUT2D eigenvalue weighted by atomic mass is 9.98. The second-order valence-electron chi connectivity index (χ2n) is 10.7. The summed E-state index contributed by atoms with van der Waals surface area (Å²) in [7, 11) is -1.76. The molecular weight excluding hydrogens is 404 g/mol. The Morgan fingerprint density at radius 2 is 1.17 bits per heavy atom. The van der Waals surface area contributed by atoms with E-state index in [4.69, 9.17) is 8.85 Å². The zero-order chi connectivity index (χ0) is 21.4. The van der Waals surface area contributed by atoms with Crippen molar-refractivity contribution >= 4 is 24.0 Å². The van der Waals surface area contributed by atoms with Gasteiger partial charge in [0.2, 0.25) is 9.76 Å². The van der Waals surface area contributed by atoms with Crippen molar-refractivity contribution in [2.75, 3.05) is 0 Å². The van der Waals surface area contributed by atoms with Crippen LogP contribution < -0.4 is 0 Å². The van der Waals surface area contributed by atoms with Gasteiger partial charge in [-0.2, -0.15) is 0 Å². The molecule has 0 heterocycles. The minimum absolute atomic E-state index is 0.0234. The molecule has 0 aromatic heterocycles. The first-order valence-electron chi connectivity index (χ1n) is 13.2. The van der Waals surface area contributed by atoms with Crippen LogP contribution in [0.1, 0.15) is 117 Å². The number of carbonyl (C=O) groups is 1. The van der Waals surface area contributed by atoms with Gasteiger partial charge in [0, 0.05) is 6.10 Å². The molecule has 0 amide bonds. The topological polar surface area (TPSA) is 35.5 Å². The maximum Gasteiger partial charge on any atom is 0.295 e.